The van der Waals surface area contributed by atoms with Crippen molar-refractivity contribution in [1.29, 1.82) is 0 Å². The van der Waals surface area contributed by atoms with Gasteiger partial charge in [0.05, 0.1) is 21.4 Å². The lowest BCUT2D eigenvalue weighted by Crippen LogP contribution is -1.93. The Kier molecular flexibility index (Phi) is 4.78. The van der Waals surface area contributed by atoms with E-state index in [0.29, 0.717) is 0 Å². The Morgan fingerprint density at radius 2 is 1.12 bits per heavy atom. The molecule has 0 aliphatic heterocycles. The van der Waals surface area contributed by atoms with E-state index in [2.05, 4.69) is 138 Å². The summed E-state index contributed by atoms with van der Waals surface area (Å²) >= 11 is 3.72. The predicted molar refractivity (Wildman–Crippen MR) is 187 cm³/mol. The van der Waals surface area contributed by atoms with Crippen LogP contribution in [0.5, 0.6) is 0 Å². The van der Waals surface area contributed by atoms with Crippen molar-refractivity contribution in [3.05, 3.63) is 133 Å². The summed E-state index contributed by atoms with van der Waals surface area (Å²) in [6.45, 7) is 0. The molecule has 4 heteroatoms. The lowest BCUT2D eigenvalue weighted by atomic mass is 10.00. The van der Waals surface area contributed by atoms with Crippen LogP contribution in [0.25, 0.3) is 90.2 Å². The molecule has 2 nitrogen and oxygen atoms in total. The molecule has 4 aromatic heterocycles. The van der Waals surface area contributed by atoms with Crippen LogP contribution in [0.3, 0.4) is 0 Å². The number of thiophene rings is 2. The second-order valence-electron chi connectivity index (χ2n) is 11.2. The molecule has 0 bridgehead atoms. The molecule has 0 atom stereocenters. The van der Waals surface area contributed by atoms with E-state index in [-0.39, 0.29) is 0 Å². The lowest BCUT2D eigenvalue weighted by Gasteiger charge is -2.11. The first kappa shape index (κ1) is 23.5. The summed E-state index contributed by atoms with van der Waals surface area (Å²) in [4.78, 5) is 5.27. The summed E-state index contributed by atoms with van der Waals surface area (Å²) in [6, 6.07) is 48.7. The van der Waals surface area contributed by atoms with Crippen molar-refractivity contribution in [3.8, 4) is 22.4 Å². The summed E-state index contributed by atoms with van der Waals surface area (Å²) in [7, 11) is 0. The number of fused-ring (bicyclic) bond motifs is 11. The van der Waals surface area contributed by atoms with Crippen LogP contribution in [0.4, 0.5) is 0 Å². The zero-order chi connectivity index (χ0) is 28.1. The summed E-state index contributed by atoms with van der Waals surface area (Å²) < 4.78 is 7.58. The zero-order valence-corrected chi connectivity index (χ0v) is 24.5. The van der Waals surface area contributed by atoms with Gasteiger partial charge in [-0.3, -0.25) is 4.40 Å². The van der Waals surface area contributed by atoms with E-state index >= 15 is 0 Å². The van der Waals surface area contributed by atoms with Gasteiger partial charge in [-0.05, 0) is 57.8 Å². The molecule has 0 saturated heterocycles. The lowest BCUT2D eigenvalue weighted by molar-refractivity contribution is 1.25. The van der Waals surface area contributed by atoms with E-state index in [4.69, 9.17) is 4.98 Å². The predicted octanol–water partition coefficient (Wildman–Crippen LogP) is 11.7. The fourth-order valence-electron chi connectivity index (χ4n) is 6.74. The number of aromatic nitrogens is 2. The van der Waals surface area contributed by atoms with E-state index < -0.39 is 0 Å². The molecule has 6 aromatic carbocycles. The minimum Gasteiger partial charge on any atom is -0.291 e. The summed E-state index contributed by atoms with van der Waals surface area (Å²) in [5, 5.41) is 7.66. The third-order valence-corrected chi connectivity index (χ3v) is 11.2. The molecule has 10 rings (SSSR count). The molecule has 0 fully saturated rings. The first-order valence-corrected chi connectivity index (χ1v) is 16.1. The average molecular weight is 583 g/mol. The SMILES string of the molecule is c1ccc2cc3c(cc2c1)nc1c2sc4ccccc4c2cc(-c2ccc(-c4cccc5c4sc4ccccc45)cc2)n31. The Bertz CT molecular complexity index is 2720. The van der Waals surface area contributed by atoms with Crippen LogP contribution >= 0.6 is 22.7 Å². The van der Waals surface area contributed by atoms with Crippen molar-refractivity contribution < 1.29 is 0 Å². The molecule has 0 unspecified atom stereocenters. The van der Waals surface area contributed by atoms with Gasteiger partial charge in [-0.2, -0.15) is 0 Å². The molecule has 200 valence electrons. The summed E-state index contributed by atoms with van der Waals surface area (Å²) in [5.41, 5.74) is 8.06. The molecule has 0 N–H and O–H groups in total. The van der Waals surface area contributed by atoms with E-state index in [1.54, 1.807) is 0 Å². The third kappa shape index (κ3) is 3.36. The maximum absolute atomic E-state index is 5.27. The minimum atomic E-state index is 1.03. The quantitative estimate of drug-likeness (QED) is 0.198. The number of hydrogen-bond donors (Lipinski definition) is 0. The van der Waals surface area contributed by atoms with Crippen molar-refractivity contribution in [2.75, 3.05) is 0 Å². The first-order chi connectivity index (χ1) is 21.3. The van der Waals surface area contributed by atoms with Crippen LogP contribution in [0.2, 0.25) is 0 Å². The van der Waals surface area contributed by atoms with Gasteiger partial charge in [0.15, 0.2) is 5.65 Å². The van der Waals surface area contributed by atoms with Gasteiger partial charge in [-0.25, -0.2) is 4.98 Å². The highest BCUT2D eigenvalue weighted by molar-refractivity contribution is 7.26. The van der Waals surface area contributed by atoms with Crippen LogP contribution in [0, 0.1) is 0 Å². The molecule has 10 aromatic rings. The Labute approximate surface area is 254 Å². The van der Waals surface area contributed by atoms with Gasteiger partial charge in [-0.15, -0.1) is 22.7 Å². The topological polar surface area (TPSA) is 17.3 Å². The van der Waals surface area contributed by atoms with E-state index in [1.165, 1.54) is 67.8 Å². The minimum absolute atomic E-state index is 1.03. The maximum Gasteiger partial charge on any atom is 0.156 e. The fourth-order valence-corrected chi connectivity index (χ4v) is 9.14. The largest absolute Gasteiger partial charge is 0.291 e. The average Bonchev–Trinajstić information content (AvgIpc) is 3.74. The number of nitrogens with zero attached hydrogens (tertiary/aromatic N) is 2. The second-order valence-corrected chi connectivity index (χ2v) is 13.3. The molecule has 43 heavy (non-hydrogen) atoms. The highest BCUT2D eigenvalue weighted by Gasteiger charge is 2.18. The zero-order valence-electron chi connectivity index (χ0n) is 22.9. The summed E-state index contributed by atoms with van der Waals surface area (Å²) in [6.07, 6.45) is 0. The number of benzene rings is 6. The van der Waals surface area contributed by atoms with Crippen LogP contribution in [-0.2, 0) is 0 Å². The van der Waals surface area contributed by atoms with Crippen LogP contribution in [0.1, 0.15) is 0 Å². The molecule has 0 aliphatic carbocycles. The Morgan fingerprint density at radius 1 is 0.488 bits per heavy atom. The number of pyridine rings is 1. The van der Waals surface area contributed by atoms with Gasteiger partial charge >= 0.3 is 0 Å². The Hall–Kier alpha value is -5.03. The van der Waals surface area contributed by atoms with Gasteiger partial charge in [0.1, 0.15) is 0 Å². The third-order valence-electron chi connectivity index (χ3n) is 8.78. The van der Waals surface area contributed by atoms with Crippen LogP contribution in [-0.4, -0.2) is 9.38 Å². The number of rotatable bonds is 2. The number of imidazole rings is 1. The van der Waals surface area contributed by atoms with Gasteiger partial charge < -0.3 is 0 Å². The van der Waals surface area contributed by atoms with Gasteiger partial charge in [0.25, 0.3) is 0 Å². The molecule has 0 aliphatic rings. The van der Waals surface area contributed by atoms with Gasteiger partial charge in [0.2, 0.25) is 0 Å². The summed E-state index contributed by atoms with van der Waals surface area (Å²) in [5.74, 6) is 0. The molecule has 4 heterocycles. The van der Waals surface area contributed by atoms with E-state index in [0.717, 1.165) is 22.4 Å². The Morgan fingerprint density at radius 3 is 1.91 bits per heavy atom. The monoisotopic (exact) mass is 582 g/mol. The smallest absolute Gasteiger partial charge is 0.156 e. The standard InChI is InChI=1S/C39H22N2S2/c1-2-9-26-21-34-32(20-25(26)8-1)40-39-38-31(29-11-4-6-15-36(29)43-38)22-33(41(34)39)24-18-16-23(17-19-24)27-12-7-13-30-28-10-3-5-14-35(28)42-37(27)30/h1-22H. The second kappa shape index (κ2) is 8.74. The van der Waals surface area contributed by atoms with Crippen molar-refractivity contribution in [3.63, 3.8) is 0 Å². The normalized spacial score (nSPS) is 12.2. The van der Waals surface area contributed by atoms with Gasteiger partial charge in [0, 0.05) is 35.6 Å². The highest BCUT2D eigenvalue weighted by Crippen LogP contribution is 2.43. The maximum atomic E-state index is 5.27. The Balaban J connectivity index is 1.24. The molecule has 0 spiro atoms. The van der Waals surface area contributed by atoms with E-state index in [9.17, 15) is 0 Å². The van der Waals surface area contributed by atoms with Crippen molar-refractivity contribution in [2.24, 2.45) is 0 Å². The highest BCUT2D eigenvalue weighted by atomic mass is 32.1. The molecular weight excluding hydrogens is 561 g/mol. The van der Waals surface area contributed by atoms with Crippen LogP contribution < -0.4 is 0 Å². The molecule has 0 radical (unpaired) electrons. The number of hydrogen-bond acceptors (Lipinski definition) is 3. The first-order valence-electron chi connectivity index (χ1n) is 14.5. The van der Waals surface area contributed by atoms with Crippen molar-refractivity contribution in [1.82, 2.24) is 9.38 Å². The van der Waals surface area contributed by atoms with E-state index in [1.807, 2.05) is 22.7 Å². The molecule has 0 amide bonds. The molecular formula is C39H22N2S2. The van der Waals surface area contributed by atoms with Crippen LogP contribution in [0.15, 0.2) is 133 Å². The fraction of sp³-hybridized carbons (Fsp3) is 0. The molecule has 0 saturated carbocycles. The van der Waals surface area contributed by atoms with Crippen molar-refractivity contribution in [2.45, 2.75) is 0 Å². The van der Waals surface area contributed by atoms with Gasteiger partial charge in [-0.1, -0.05) is 103 Å². The van der Waals surface area contributed by atoms with Crippen molar-refractivity contribution >= 4 is 90.5 Å².